The van der Waals surface area contributed by atoms with Crippen molar-refractivity contribution in [3.63, 3.8) is 0 Å². The summed E-state index contributed by atoms with van der Waals surface area (Å²) in [6, 6.07) is 2.43. The molecule has 1 aliphatic rings. The van der Waals surface area contributed by atoms with Crippen molar-refractivity contribution in [1.29, 1.82) is 0 Å². The van der Waals surface area contributed by atoms with Crippen molar-refractivity contribution in [2.24, 2.45) is 0 Å². The van der Waals surface area contributed by atoms with Gasteiger partial charge < -0.3 is 19.5 Å². The first-order valence-corrected chi connectivity index (χ1v) is 8.41. The van der Waals surface area contributed by atoms with Gasteiger partial charge in [0.15, 0.2) is 6.04 Å². The number of hydrogen-bond donors (Lipinski definition) is 2. The number of rotatable bonds is 5. The van der Waals surface area contributed by atoms with E-state index in [4.69, 9.17) is 4.52 Å². The molecule has 10 heteroatoms. The standard InChI is InChI=1S/C17H16N6O4/c24-13(23-8-5-11-14(20-9-19-11)15(23)17(25)26)2-1-12-21-16(22-27-12)10-3-6-18-7-4-10/h3-4,6-7,9,15H,1-2,5,8H2,(H,19,20)(H,25,26)/t15-/m1/s1. The third kappa shape index (κ3) is 3.28. The molecule has 1 amide bonds. The molecule has 138 valence electrons. The first kappa shape index (κ1) is 16.9. The molecular formula is C17H16N6O4. The van der Waals surface area contributed by atoms with E-state index < -0.39 is 12.0 Å². The Morgan fingerprint density at radius 3 is 2.93 bits per heavy atom. The molecule has 3 aromatic heterocycles. The quantitative estimate of drug-likeness (QED) is 0.680. The monoisotopic (exact) mass is 368 g/mol. The number of aromatic amines is 1. The van der Waals surface area contributed by atoms with E-state index in [9.17, 15) is 14.7 Å². The van der Waals surface area contributed by atoms with Crippen molar-refractivity contribution in [3.05, 3.63) is 48.1 Å². The summed E-state index contributed by atoms with van der Waals surface area (Å²) in [7, 11) is 0. The highest BCUT2D eigenvalue weighted by Crippen LogP contribution is 2.28. The minimum Gasteiger partial charge on any atom is -0.479 e. The number of nitrogens with one attached hydrogen (secondary N) is 1. The van der Waals surface area contributed by atoms with Crippen molar-refractivity contribution in [3.8, 4) is 11.4 Å². The van der Waals surface area contributed by atoms with Gasteiger partial charge in [-0.3, -0.25) is 9.78 Å². The van der Waals surface area contributed by atoms with Crippen molar-refractivity contribution < 1.29 is 19.2 Å². The summed E-state index contributed by atoms with van der Waals surface area (Å²) >= 11 is 0. The molecule has 4 rings (SSSR count). The smallest absolute Gasteiger partial charge is 0.332 e. The van der Waals surface area contributed by atoms with Gasteiger partial charge in [0, 0.05) is 49.5 Å². The van der Waals surface area contributed by atoms with Gasteiger partial charge in [0.05, 0.1) is 12.0 Å². The first-order valence-electron chi connectivity index (χ1n) is 8.41. The number of H-pyrrole nitrogens is 1. The third-order valence-corrected chi connectivity index (χ3v) is 4.44. The van der Waals surface area contributed by atoms with Crippen LogP contribution in [0.4, 0.5) is 0 Å². The van der Waals surface area contributed by atoms with Gasteiger partial charge in [0.25, 0.3) is 0 Å². The highest BCUT2D eigenvalue weighted by atomic mass is 16.5. The van der Waals surface area contributed by atoms with Crippen LogP contribution in [0, 0.1) is 0 Å². The number of nitrogens with zero attached hydrogens (tertiary/aromatic N) is 5. The van der Waals surface area contributed by atoms with Gasteiger partial charge in [0.1, 0.15) is 0 Å². The van der Waals surface area contributed by atoms with Crippen LogP contribution in [0.15, 0.2) is 35.4 Å². The Morgan fingerprint density at radius 2 is 2.15 bits per heavy atom. The van der Waals surface area contributed by atoms with E-state index in [1.165, 1.54) is 11.2 Å². The Hall–Kier alpha value is -3.56. The van der Waals surface area contributed by atoms with Crippen LogP contribution in [0.1, 0.15) is 29.7 Å². The van der Waals surface area contributed by atoms with E-state index in [2.05, 4.69) is 25.1 Å². The molecule has 2 N–H and O–H groups in total. The molecule has 0 aliphatic carbocycles. The van der Waals surface area contributed by atoms with Gasteiger partial charge in [0.2, 0.25) is 17.6 Å². The van der Waals surface area contributed by atoms with Crippen LogP contribution in [0.3, 0.4) is 0 Å². The van der Waals surface area contributed by atoms with Crippen LogP contribution >= 0.6 is 0 Å². The third-order valence-electron chi connectivity index (χ3n) is 4.44. The van der Waals surface area contributed by atoms with Gasteiger partial charge in [-0.25, -0.2) is 9.78 Å². The Kier molecular flexibility index (Phi) is 4.37. The molecule has 0 bridgehead atoms. The number of carbonyl (C=O) groups is 2. The second-order valence-electron chi connectivity index (χ2n) is 6.09. The fourth-order valence-corrected chi connectivity index (χ4v) is 3.13. The van der Waals surface area contributed by atoms with E-state index in [1.807, 2.05) is 0 Å². The van der Waals surface area contributed by atoms with Gasteiger partial charge >= 0.3 is 5.97 Å². The topological polar surface area (TPSA) is 138 Å². The Labute approximate surface area is 153 Å². The SMILES string of the molecule is O=C(O)[C@H]1c2nc[nH]c2CCN1C(=O)CCc1nc(-c2ccncc2)no1. The molecule has 3 aromatic rings. The normalized spacial score (nSPS) is 16.1. The molecule has 0 radical (unpaired) electrons. The Morgan fingerprint density at radius 1 is 1.33 bits per heavy atom. The van der Waals surface area contributed by atoms with Gasteiger partial charge in [-0.2, -0.15) is 4.98 Å². The van der Waals surface area contributed by atoms with E-state index in [0.717, 1.165) is 11.3 Å². The second-order valence-corrected chi connectivity index (χ2v) is 6.09. The number of amides is 1. The summed E-state index contributed by atoms with van der Waals surface area (Å²) < 4.78 is 5.19. The summed E-state index contributed by atoms with van der Waals surface area (Å²) in [5.74, 6) is -0.657. The maximum Gasteiger partial charge on any atom is 0.332 e. The fourth-order valence-electron chi connectivity index (χ4n) is 3.13. The second kappa shape index (κ2) is 6.98. The summed E-state index contributed by atoms with van der Waals surface area (Å²) in [4.78, 5) is 40.8. The van der Waals surface area contributed by atoms with Crippen LogP contribution in [0.25, 0.3) is 11.4 Å². The predicted molar refractivity (Wildman–Crippen MR) is 90.2 cm³/mol. The van der Waals surface area contributed by atoms with Crippen molar-refractivity contribution in [2.75, 3.05) is 6.54 Å². The van der Waals surface area contributed by atoms with Crippen LogP contribution in [-0.2, 0) is 22.4 Å². The van der Waals surface area contributed by atoms with Crippen molar-refractivity contribution in [1.82, 2.24) is 30.0 Å². The van der Waals surface area contributed by atoms with E-state index >= 15 is 0 Å². The zero-order chi connectivity index (χ0) is 18.8. The van der Waals surface area contributed by atoms with Crippen molar-refractivity contribution >= 4 is 11.9 Å². The van der Waals surface area contributed by atoms with Crippen molar-refractivity contribution in [2.45, 2.75) is 25.3 Å². The molecule has 1 atom stereocenters. The average Bonchev–Trinajstić information content (AvgIpc) is 3.35. The summed E-state index contributed by atoms with van der Waals surface area (Å²) in [5.41, 5.74) is 1.91. The molecule has 0 unspecified atom stereocenters. The molecule has 0 fully saturated rings. The Balaban J connectivity index is 1.44. The molecule has 27 heavy (non-hydrogen) atoms. The lowest BCUT2D eigenvalue weighted by atomic mass is 10.0. The zero-order valence-corrected chi connectivity index (χ0v) is 14.2. The number of imidazole rings is 1. The maximum atomic E-state index is 12.6. The lowest BCUT2D eigenvalue weighted by molar-refractivity contribution is -0.151. The molecule has 0 saturated heterocycles. The van der Waals surface area contributed by atoms with E-state index in [0.29, 0.717) is 30.4 Å². The molecule has 4 heterocycles. The van der Waals surface area contributed by atoms with Crippen LogP contribution in [-0.4, -0.2) is 53.5 Å². The zero-order valence-electron chi connectivity index (χ0n) is 14.2. The van der Waals surface area contributed by atoms with Crippen LogP contribution < -0.4 is 0 Å². The molecule has 0 spiro atoms. The maximum absolute atomic E-state index is 12.6. The number of fused-ring (bicyclic) bond motifs is 1. The van der Waals surface area contributed by atoms with E-state index in [1.54, 1.807) is 24.5 Å². The number of pyridine rings is 1. The minimum atomic E-state index is -1.10. The lowest BCUT2D eigenvalue weighted by Gasteiger charge is -2.32. The fraction of sp³-hybridized carbons (Fsp3) is 0.294. The number of hydrogen-bond acceptors (Lipinski definition) is 7. The number of aryl methyl sites for hydroxylation is 1. The number of carboxylic acid groups (broad SMARTS) is 1. The predicted octanol–water partition coefficient (Wildman–Crippen LogP) is 0.998. The number of carboxylic acids is 1. The molecular weight excluding hydrogens is 352 g/mol. The summed E-state index contributed by atoms with van der Waals surface area (Å²) in [6.45, 7) is 0.317. The number of carbonyl (C=O) groups excluding carboxylic acids is 1. The van der Waals surface area contributed by atoms with Crippen LogP contribution in [0.2, 0.25) is 0 Å². The number of aliphatic carboxylic acids is 1. The molecule has 10 nitrogen and oxygen atoms in total. The summed E-state index contributed by atoms with van der Waals surface area (Å²) in [6.07, 6.45) is 5.54. The Bertz CT molecular complexity index is 967. The minimum absolute atomic E-state index is 0.0709. The van der Waals surface area contributed by atoms with Gasteiger partial charge in [-0.05, 0) is 12.1 Å². The average molecular weight is 368 g/mol. The highest BCUT2D eigenvalue weighted by Gasteiger charge is 2.37. The molecule has 0 aromatic carbocycles. The van der Waals surface area contributed by atoms with Gasteiger partial charge in [-0.15, -0.1) is 0 Å². The van der Waals surface area contributed by atoms with E-state index in [-0.39, 0.29) is 18.7 Å². The first-order chi connectivity index (χ1) is 13.1. The lowest BCUT2D eigenvalue weighted by Crippen LogP contribution is -2.43. The van der Waals surface area contributed by atoms with Gasteiger partial charge in [-0.1, -0.05) is 5.16 Å². The highest BCUT2D eigenvalue weighted by molar-refractivity contribution is 5.85. The van der Waals surface area contributed by atoms with Crippen LogP contribution in [0.5, 0.6) is 0 Å². The number of aromatic nitrogens is 5. The summed E-state index contributed by atoms with van der Waals surface area (Å²) in [5, 5.41) is 13.4. The largest absolute Gasteiger partial charge is 0.479 e. The molecule has 0 saturated carbocycles. The molecule has 1 aliphatic heterocycles.